The van der Waals surface area contributed by atoms with Gasteiger partial charge >= 0.3 is 0 Å². The first-order valence-corrected chi connectivity index (χ1v) is 8.72. The molecule has 0 aromatic rings. The zero-order chi connectivity index (χ0) is 15.3. The van der Waals surface area contributed by atoms with Crippen LogP contribution in [-0.4, -0.2) is 42.5 Å². The van der Waals surface area contributed by atoms with Crippen molar-refractivity contribution in [3.8, 4) is 0 Å². The molecule has 5 heteroatoms. The second kappa shape index (κ2) is 5.22. The third-order valence-corrected chi connectivity index (χ3v) is 6.43. The van der Waals surface area contributed by atoms with Gasteiger partial charge in [-0.25, -0.2) is 0 Å². The summed E-state index contributed by atoms with van der Waals surface area (Å²) in [6.07, 6.45) is 7.96. The third kappa shape index (κ3) is 2.53. The van der Waals surface area contributed by atoms with Crippen LogP contribution in [0.2, 0.25) is 0 Å². The Balaban J connectivity index is 1.42. The summed E-state index contributed by atoms with van der Waals surface area (Å²) in [5.41, 5.74) is 5.57. The molecule has 0 aromatic heterocycles. The van der Waals surface area contributed by atoms with Crippen molar-refractivity contribution >= 4 is 11.8 Å². The van der Waals surface area contributed by atoms with Gasteiger partial charge in [-0.15, -0.1) is 0 Å². The second-order valence-corrected chi connectivity index (χ2v) is 8.20. The van der Waals surface area contributed by atoms with Crippen LogP contribution in [-0.2, 0) is 14.3 Å². The fourth-order valence-corrected chi connectivity index (χ4v) is 5.99. The highest BCUT2D eigenvalue weighted by atomic mass is 16.5. The van der Waals surface area contributed by atoms with E-state index >= 15 is 0 Å². The summed E-state index contributed by atoms with van der Waals surface area (Å²) >= 11 is 0. The molecular formula is C17H26N2O3. The van der Waals surface area contributed by atoms with Crippen molar-refractivity contribution < 1.29 is 14.3 Å². The van der Waals surface area contributed by atoms with Gasteiger partial charge in [0.15, 0.2) is 6.10 Å². The van der Waals surface area contributed by atoms with Crippen LogP contribution in [0.3, 0.4) is 0 Å². The molecule has 0 unspecified atom stereocenters. The molecule has 1 aliphatic heterocycles. The maximum absolute atomic E-state index is 12.8. The molecule has 5 nitrogen and oxygen atoms in total. The number of carbonyl (C=O) groups excluding carboxylic acids is 2. The highest BCUT2D eigenvalue weighted by molar-refractivity contribution is 5.82. The van der Waals surface area contributed by atoms with Gasteiger partial charge < -0.3 is 15.4 Å². The van der Waals surface area contributed by atoms with Gasteiger partial charge in [-0.3, -0.25) is 9.59 Å². The molecule has 5 rings (SSSR count). The van der Waals surface area contributed by atoms with E-state index in [1.807, 2.05) is 0 Å². The van der Waals surface area contributed by atoms with Crippen LogP contribution in [0.15, 0.2) is 0 Å². The first kappa shape index (κ1) is 14.5. The number of nitrogens with zero attached hydrogens (tertiary/aromatic N) is 1. The molecule has 0 radical (unpaired) electrons. The first-order chi connectivity index (χ1) is 10.5. The molecule has 122 valence electrons. The molecule has 1 saturated heterocycles. The van der Waals surface area contributed by atoms with Crippen LogP contribution in [0, 0.1) is 23.2 Å². The Hall–Kier alpha value is -1.10. The standard InChI is InChI=1S/C17H26N2O3/c18-16(21)14-10-19(1-2-22-14)15(20)9-17-6-11-3-12(7-17)5-13(4-11)8-17/h11-14H,1-10H2,(H2,18,21)/t11?,12?,13?,14-,17?/m0/s1. The summed E-state index contributed by atoms with van der Waals surface area (Å²) in [5, 5.41) is 0. The molecule has 4 aliphatic carbocycles. The summed E-state index contributed by atoms with van der Waals surface area (Å²) in [5.74, 6) is 2.33. The Morgan fingerprint density at radius 2 is 1.68 bits per heavy atom. The summed E-state index contributed by atoms with van der Waals surface area (Å²) in [4.78, 5) is 25.9. The highest BCUT2D eigenvalue weighted by Gasteiger charge is 2.51. The normalized spacial score (nSPS) is 43.4. The lowest BCUT2D eigenvalue weighted by Crippen LogP contribution is -2.53. The smallest absolute Gasteiger partial charge is 0.248 e. The van der Waals surface area contributed by atoms with E-state index in [0.717, 1.165) is 17.8 Å². The van der Waals surface area contributed by atoms with Crippen molar-refractivity contribution in [2.45, 2.75) is 51.0 Å². The van der Waals surface area contributed by atoms with E-state index in [0.29, 0.717) is 26.1 Å². The number of hydrogen-bond acceptors (Lipinski definition) is 3. The average molecular weight is 306 g/mol. The van der Waals surface area contributed by atoms with Gasteiger partial charge in [0.2, 0.25) is 11.8 Å². The molecule has 4 bridgehead atoms. The number of morpholine rings is 1. The zero-order valence-electron chi connectivity index (χ0n) is 13.1. The lowest BCUT2D eigenvalue weighted by Gasteiger charge is -2.57. The van der Waals surface area contributed by atoms with Crippen molar-refractivity contribution in [3.63, 3.8) is 0 Å². The number of rotatable bonds is 3. The minimum atomic E-state index is -0.630. The Morgan fingerprint density at radius 1 is 1.09 bits per heavy atom. The van der Waals surface area contributed by atoms with E-state index < -0.39 is 12.0 Å². The lowest BCUT2D eigenvalue weighted by atomic mass is 9.49. The van der Waals surface area contributed by atoms with Crippen LogP contribution in [0.25, 0.3) is 0 Å². The molecule has 22 heavy (non-hydrogen) atoms. The number of nitrogens with two attached hydrogens (primary N) is 1. The van der Waals surface area contributed by atoms with Crippen LogP contribution in [0.1, 0.15) is 44.9 Å². The predicted octanol–water partition coefficient (Wildman–Crippen LogP) is 1.31. The third-order valence-electron chi connectivity index (χ3n) is 6.43. The van der Waals surface area contributed by atoms with E-state index in [4.69, 9.17) is 10.5 Å². The molecule has 4 saturated carbocycles. The number of hydrogen-bond donors (Lipinski definition) is 1. The molecule has 2 amide bonds. The molecule has 5 fully saturated rings. The summed E-state index contributed by atoms with van der Waals surface area (Å²) in [6, 6.07) is 0. The lowest BCUT2D eigenvalue weighted by molar-refractivity contribution is -0.150. The van der Waals surface area contributed by atoms with Crippen LogP contribution in [0.5, 0.6) is 0 Å². The van der Waals surface area contributed by atoms with Crippen molar-refractivity contribution in [1.82, 2.24) is 4.90 Å². The average Bonchev–Trinajstić information content (AvgIpc) is 2.45. The fourth-order valence-electron chi connectivity index (χ4n) is 5.99. The second-order valence-electron chi connectivity index (χ2n) is 8.20. The molecule has 1 atom stereocenters. The molecule has 0 aromatic carbocycles. The van der Waals surface area contributed by atoms with Gasteiger partial charge in [0, 0.05) is 13.0 Å². The van der Waals surface area contributed by atoms with E-state index in [1.54, 1.807) is 4.90 Å². The van der Waals surface area contributed by atoms with Crippen molar-refractivity contribution in [2.75, 3.05) is 19.7 Å². The quantitative estimate of drug-likeness (QED) is 0.854. The maximum atomic E-state index is 12.8. The fraction of sp³-hybridized carbons (Fsp3) is 0.882. The topological polar surface area (TPSA) is 72.6 Å². The molecular weight excluding hydrogens is 280 g/mol. The van der Waals surface area contributed by atoms with Gasteiger partial charge in [0.1, 0.15) is 0 Å². The summed E-state index contributed by atoms with van der Waals surface area (Å²) in [6.45, 7) is 1.34. The SMILES string of the molecule is NC(=O)[C@@H]1CN(C(=O)CC23CC4CC(CC(C4)C2)C3)CCO1. The number of ether oxygens (including phenoxy) is 1. The maximum Gasteiger partial charge on any atom is 0.248 e. The zero-order valence-corrected chi connectivity index (χ0v) is 13.1. The Labute approximate surface area is 131 Å². The molecule has 2 N–H and O–H groups in total. The Bertz CT molecular complexity index is 455. The number of carbonyl (C=O) groups is 2. The first-order valence-electron chi connectivity index (χ1n) is 8.72. The molecule has 1 heterocycles. The van der Waals surface area contributed by atoms with Gasteiger partial charge in [-0.1, -0.05) is 0 Å². The van der Waals surface area contributed by atoms with E-state index in [1.165, 1.54) is 38.5 Å². The molecule has 5 aliphatic rings. The van der Waals surface area contributed by atoms with Crippen molar-refractivity contribution in [2.24, 2.45) is 28.9 Å². The number of amides is 2. The van der Waals surface area contributed by atoms with E-state index in [-0.39, 0.29) is 11.3 Å². The highest BCUT2D eigenvalue weighted by Crippen LogP contribution is 2.61. The van der Waals surface area contributed by atoms with Crippen LogP contribution in [0.4, 0.5) is 0 Å². The van der Waals surface area contributed by atoms with Gasteiger partial charge in [-0.05, 0) is 61.7 Å². The summed E-state index contributed by atoms with van der Waals surface area (Å²) < 4.78 is 5.35. The van der Waals surface area contributed by atoms with Gasteiger partial charge in [-0.2, -0.15) is 0 Å². The Morgan fingerprint density at radius 3 is 2.23 bits per heavy atom. The van der Waals surface area contributed by atoms with Gasteiger partial charge in [0.25, 0.3) is 0 Å². The van der Waals surface area contributed by atoms with Crippen LogP contribution >= 0.6 is 0 Å². The van der Waals surface area contributed by atoms with Gasteiger partial charge in [0.05, 0.1) is 13.2 Å². The number of primary amides is 1. The minimum Gasteiger partial charge on any atom is -0.367 e. The minimum absolute atomic E-state index is 0.205. The monoisotopic (exact) mass is 306 g/mol. The molecule has 0 spiro atoms. The van der Waals surface area contributed by atoms with Crippen molar-refractivity contribution in [3.05, 3.63) is 0 Å². The predicted molar refractivity (Wildman–Crippen MR) is 80.7 cm³/mol. The Kier molecular flexibility index (Phi) is 3.44. The van der Waals surface area contributed by atoms with Crippen molar-refractivity contribution in [1.29, 1.82) is 0 Å². The van der Waals surface area contributed by atoms with E-state index in [9.17, 15) is 9.59 Å². The largest absolute Gasteiger partial charge is 0.367 e. The van der Waals surface area contributed by atoms with Crippen LogP contribution < -0.4 is 5.73 Å². The van der Waals surface area contributed by atoms with E-state index in [2.05, 4.69) is 0 Å². The summed E-state index contributed by atoms with van der Waals surface area (Å²) in [7, 11) is 0.